The van der Waals surface area contributed by atoms with Crippen LogP contribution in [0.5, 0.6) is 6.01 Å². The van der Waals surface area contributed by atoms with E-state index in [4.69, 9.17) is 9.47 Å². The number of fused-ring (bicyclic) bond motifs is 3. The van der Waals surface area contributed by atoms with Crippen molar-refractivity contribution in [2.45, 2.75) is 29.3 Å². The smallest absolute Gasteiger partial charge is 0.302 e. The fraction of sp³-hybridized carbons (Fsp3) is 0.600. The third-order valence-corrected chi connectivity index (χ3v) is 4.56. The quantitative estimate of drug-likeness (QED) is 0.571. The number of aryl methyl sites for hydroxylation is 1. The summed E-state index contributed by atoms with van der Waals surface area (Å²) < 4.78 is 13.1. The summed E-state index contributed by atoms with van der Waals surface area (Å²) in [6, 6.07) is 0.300. The SMILES string of the molecule is Cc1cn2c(nc1=O)OC1C(I)C(CO)OC12. The van der Waals surface area contributed by atoms with Gasteiger partial charge in [-0.2, -0.15) is 4.98 Å². The van der Waals surface area contributed by atoms with Crippen LogP contribution in [0.3, 0.4) is 0 Å². The normalized spacial score (nSPS) is 34.3. The molecule has 1 fully saturated rings. The van der Waals surface area contributed by atoms with Crippen LogP contribution in [-0.2, 0) is 4.74 Å². The molecule has 7 heteroatoms. The molecule has 6 nitrogen and oxygen atoms in total. The largest absolute Gasteiger partial charge is 0.455 e. The van der Waals surface area contributed by atoms with Crippen molar-refractivity contribution in [1.29, 1.82) is 0 Å². The maximum Gasteiger partial charge on any atom is 0.302 e. The van der Waals surface area contributed by atoms with E-state index in [0.717, 1.165) is 0 Å². The molecule has 3 rings (SSSR count). The van der Waals surface area contributed by atoms with Crippen LogP contribution >= 0.6 is 22.6 Å². The fourth-order valence-corrected chi connectivity index (χ4v) is 3.03. The van der Waals surface area contributed by atoms with Crippen LogP contribution in [0.1, 0.15) is 11.8 Å². The first-order chi connectivity index (χ1) is 8.11. The van der Waals surface area contributed by atoms with Crippen LogP contribution in [-0.4, -0.2) is 37.4 Å². The number of aliphatic hydroxyl groups is 1. The van der Waals surface area contributed by atoms with Gasteiger partial charge in [-0.1, -0.05) is 22.6 Å². The number of ether oxygens (including phenoxy) is 2. The summed E-state index contributed by atoms with van der Waals surface area (Å²) in [5.41, 5.74) is 0.277. The summed E-state index contributed by atoms with van der Waals surface area (Å²) >= 11 is 2.20. The predicted molar refractivity (Wildman–Crippen MR) is 66.5 cm³/mol. The Morgan fingerprint density at radius 2 is 2.41 bits per heavy atom. The van der Waals surface area contributed by atoms with Crippen LogP contribution in [0.15, 0.2) is 11.0 Å². The van der Waals surface area contributed by atoms with Crippen molar-refractivity contribution in [1.82, 2.24) is 9.55 Å². The summed E-state index contributed by atoms with van der Waals surface area (Å²) in [6.45, 7) is 1.67. The second-order valence-electron chi connectivity index (χ2n) is 4.19. The number of alkyl halides is 1. The molecule has 4 unspecified atom stereocenters. The second kappa shape index (κ2) is 3.92. The van der Waals surface area contributed by atoms with Crippen molar-refractivity contribution in [3.8, 4) is 6.01 Å². The number of aromatic nitrogens is 2. The zero-order valence-electron chi connectivity index (χ0n) is 9.04. The first kappa shape index (κ1) is 11.4. The maximum atomic E-state index is 11.4. The van der Waals surface area contributed by atoms with E-state index in [1.807, 2.05) is 0 Å². The van der Waals surface area contributed by atoms with Gasteiger partial charge in [-0.05, 0) is 6.92 Å². The Bertz CT molecular complexity index is 518. The molecule has 0 saturated carbocycles. The van der Waals surface area contributed by atoms with Gasteiger partial charge in [-0.25, -0.2) is 0 Å². The molecule has 0 radical (unpaired) electrons. The number of halogens is 1. The first-order valence-electron chi connectivity index (χ1n) is 5.28. The van der Waals surface area contributed by atoms with Gasteiger partial charge < -0.3 is 14.6 Å². The molecule has 17 heavy (non-hydrogen) atoms. The third-order valence-electron chi connectivity index (χ3n) is 3.05. The van der Waals surface area contributed by atoms with E-state index in [1.165, 1.54) is 0 Å². The summed E-state index contributed by atoms with van der Waals surface area (Å²) in [7, 11) is 0. The van der Waals surface area contributed by atoms with E-state index >= 15 is 0 Å². The Morgan fingerprint density at radius 1 is 1.65 bits per heavy atom. The number of hydrogen-bond acceptors (Lipinski definition) is 5. The monoisotopic (exact) mass is 350 g/mol. The van der Waals surface area contributed by atoms with Gasteiger partial charge in [0.1, 0.15) is 0 Å². The zero-order chi connectivity index (χ0) is 12.2. The van der Waals surface area contributed by atoms with Gasteiger partial charge in [0.2, 0.25) is 0 Å². The van der Waals surface area contributed by atoms with Gasteiger partial charge in [-0.15, -0.1) is 0 Å². The zero-order valence-corrected chi connectivity index (χ0v) is 11.2. The van der Waals surface area contributed by atoms with Crippen LogP contribution in [0.4, 0.5) is 0 Å². The summed E-state index contributed by atoms with van der Waals surface area (Å²) in [5, 5.41) is 9.18. The molecule has 1 aromatic heterocycles. The van der Waals surface area contributed by atoms with Crippen molar-refractivity contribution in [3.05, 3.63) is 22.1 Å². The highest BCUT2D eigenvalue weighted by Crippen LogP contribution is 2.42. The Labute approximate surface area is 111 Å². The number of rotatable bonds is 1. The van der Waals surface area contributed by atoms with E-state index in [0.29, 0.717) is 11.6 Å². The van der Waals surface area contributed by atoms with Gasteiger partial charge in [0.25, 0.3) is 5.56 Å². The van der Waals surface area contributed by atoms with Gasteiger partial charge in [0.05, 0.1) is 16.6 Å². The van der Waals surface area contributed by atoms with E-state index in [9.17, 15) is 9.90 Å². The number of aliphatic hydroxyl groups excluding tert-OH is 1. The molecule has 1 saturated heterocycles. The first-order valence-corrected chi connectivity index (χ1v) is 6.53. The summed E-state index contributed by atoms with van der Waals surface area (Å²) in [4.78, 5) is 15.3. The Hall–Kier alpha value is -0.670. The van der Waals surface area contributed by atoms with Crippen molar-refractivity contribution >= 4 is 22.6 Å². The molecule has 4 atom stereocenters. The van der Waals surface area contributed by atoms with Gasteiger partial charge >= 0.3 is 6.01 Å². The van der Waals surface area contributed by atoms with Crippen LogP contribution < -0.4 is 10.3 Å². The van der Waals surface area contributed by atoms with Crippen LogP contribution in [0, 0.1) is 6.92 Å². The molecule has 0 spiro atoms. The minimum absolute atomic E-state index is 0.0358. The van der Waals surface area contributed by atoms with E-state index in [2.05, 4.69) is 27.6 Å². The molecular formula is C10H11IN2O4. The molecule has 0 bridgehead atoms. The number of nitrogens with zero attached hydrogens (tertiary/aromatic N) is 2. The van der Waals surface area contributed by atoms with Crippen molar-refractivity contribution in [2.24, 2.45) is 0 Å². The molecule has 1 N–H and O–H groups in total. The highest BCUT2D eigenvalue weighted by molar-refractivity contribution is 14.1. The summed E-state index contributed by atoms with van der Waals surface area (Å²) in [5.74, 6) is 0. The molecule has 1 aromatic rings. The summed E-state index contributed by atoms with van der Waals surface area (Å²) in [6.07, 6.45) is 0.967. The number of hydrogen-bond donors (Lipinski definition) is 1. The van der Waals surface area contributed by atoms with Gasteiger partial charge in [0, 0.05) is 11.8 Å². The minimum atomic E-state index is -0.296. The lowest BCUT2D eigenvalue weighted by atomic mass is 10.2. The fourth-order valence-electron chi connectivity index (χ4n) is 2.13. The third kappa shape index (κ3) is 1.59. The molecule has 0 amide bonds. The topological polar surface area (TPSA) is 73.6 Å². The predicted octanol–water partition coefficient (Wildman–Crippen LogP) is 0.00602. The Kier molecular flexibility index (Phi) is 2.64. The van der Waals surface area contributed by atoms with E-state index in [-0.39, 0.29) is 34.5 Å². The van der Waals surface area contributed by atoms with Gasteiger partial charge in [0.15, 0.2) is 12.3 Å². The van der Waals surface area contributed by atoms with Gasteiger partial charge in [-0.3, -0.25) is 9.36 Å². The standard InChI is InChI=1S/C10H11IN2O4/c1-4-2-13-9-7(6(11)5(3-14)16-9)17-10(13)12-8(4)15/h2,5-7,9,14H,3H2,1H3. The Morgan fingerprint density at radius 3 is 3.12 bits per heavy atom. The molecule has 2 aliphatic heterocycles. The van der Waals surface area contributed by atoms with Crippen LogP contribution in [0.2, 0.25) is 0 Å². The molecular weight excluding hydrogens is 339 g/mol. The van der Waals surface area contributed by atoms with Crippen molar-refractivity contribution in [2.75, 3.05) is 6.61 Å². The lowest BCUT2D eigenvalue weighted by molar-refractivity contribution is -0.0248. The van der Waals surface area contributed by atoms with Crippen LogP contribution in [0.25, 0.3) is 0 Å². The molecule has 0 aromatic carbocycles. The molecule has 2 aliphatic rings. The maximum absolute atomic E-state index is 11.4. The minimum Gasteiger partial charge on any atom is -0.455 e. The second-order valence-corrected chi connectivity index (χ2v) is 5.63. The molecule has 0 aliphatic carbocycles. The Balaban J connectivity index is 2.02. The molecule has 3 heterocycles. The van der Waals surface area contributed by atoms with Crippen molar-refractivity contribution in [3.63, 3.8) is 0 Å². The van der Waals surface area contributed by atoms with E-state index in [1.54, 1.807) is 17.7 Å². The van der Waals surface area contributed by atoms with E-state index < -0.39 is 0 Å². The molecule has 92 valence electrons. The lowest BCUT2D eigenvalue weighted by Crippen LogP contribution is -2.29. The van der Waals surface area contributed by atoms with Crippen molar-refractivity contribution < 1.29 is 14.6 Å². The lowest BCUT2D eigenvalue weighted by Gasteiger charge is -2.14. The highest BCUT2D eigenvalue weighted by Gasteiger charge is 2.50. The highest BCUT2D eigenvalue weighted by atomic mass is 127. The average molecular weight is 350 g/mol. The average Bonchev–Trinajstić information content (AvgIpc) is 2.78.